The molecule has 0 aromatic rings. The largest absolute Gasteiger partial charge is 0.133 e. The van der Waals surface area contributed by atoms with E-state index in [1.807, 2.05) is 0 Å². The Hall–Kier alpha value is 2.15. The van der Waals surface area contributed by atoms with Gasteiger partial charge in [-0.15, -0.1) is 44.9 Å². The van der Waals surface area contributed by atoms with Crippen LogP contribution in [0.5, 0.6) is 0 Å². The molecule has 0 saturated heterocycles. The van der Waals surface area contributed by atoms with Crippen LogP contribution in [-0.2, 0) is 0 Å². The molecule has 50 valence electrons. The molecule has 0 bridgehead atoms. The summed E-state index contributed by atoms with van der Waals surface area (Å²) < 4.78 is 0. The highest BCUT2D eigenvalue weighted by atomic mass is 31.2. The van der Waals surface area contributed by atoms with Gasteiger partial charge >= 0.3 is 0 Å². The smallest absolute Gasteiger partial charge is 0.00866 e. The third-order valence-corrected chi connectivity index (χ3v) is 6.08. The summed E-state index contributed by atoms with van der Waals surface area (Å²) in [6.45, 7) is 0. The van der Waals surface area contributed by atoms with Crippen LogP contribution in [-0.4, -0.2) is 16.9 Å². The summed E-state index contributed by atoms with van der Waals surface area (Å²) >= 11 is 0. The van der Waals surface area contributed by atoms with E-state index in [1.165, 1.54) is 11.8 Å². The fourth-order valence-electron chi connectivity index (χ4n) is 0.326. The van der Waals surface area contributed by atoms with Crippen molar-refractivity contribution in [3.05, 3.63) is 0 Å². The van der Waals surface area contributed by atoms with E-state index in [4.69, 9.17) is 0 Å². The maximum absolute atomic E-state index is 2.90. The topological polar surface area (TPSA) is 0 Å². The summed E-state index contributed by atoms with van der Waals surface area (Å²) in [6, 6.07) is 0. The molecule has 0 spiro atoms. The minimum absolute atomic E-state index is 0.894. The normalized spacial score (nSPS) is 16.9. The number of hydrogen-bond donors (Lipinski definition) is 0. The van der Waals surface area contributed by atoms with E-state index in [2.05, 4.69) is 27.7 Å². The lowest BCUT2D eigenvalue weighted by Crippen LogP contribution is -1.74. The molecule has 5 unspecified atom stereocenters. The minimum atomic E-state index is 0.894. The molecule has 5 heteroatoms. The van der Waals surface area contributed by atoms with Crippen LogP contribution in [0.3, 0.4) is 0 Å². The Morgan fingerprint density at radius 1 is 1.12 bits per heavy atom. The van der Waals surface area contributed by atoms with E-state index in [0.29, 0.717) is 0 Å². The molecule has 8 heavy (non-hydrogen) atoms. The second-order valence-electron chi connectivity index (χ2n) is 1.29. The average molecular weight is 204 g/mol. The Kier molecular flexibility index (Phi) is 9.21. The van der Waals surface area contributed by atoms with Crippen molar-refractivity contribution < 1.29 is 0 Å². The molecule has 0 aliphatic rings. The summed E-state index contributed by atoms with van der Waals surface area (Å²) in [7, 11) is 10.7. The summed E-state index contributed by atoms with van der Waals surface area (Å²) in [6.07, 6.45) is 0. The number of hydrogen-bond acceptors (Lipinski definition) is 0. The monoisotopic (exact) mass is 204 g/mol. The Morgan fingerprint density at radius 2 is 1.50 bits per heavy atom. The summed E-state index contributed by atoms with van der Waals surface area (Å²) in [5.74, 6) is 2.54. The predicted molar refractivity (Wildman–Crippen MR) is 59.3 cm³/mol. The highest BCUT2D eigenvalue weighted by Gasteiger charge is 1.95. The highest BCUT2D eigenvalue weighted by Crippen LogP contribution is 2.40. The van der Waals surface area contributed by atoms with Crippen molar-refractivity contribution in [2.45, 2.75) is 5.14 Å². The maximum Gasteiger partial charge on any atom is 0.00866 e. The maximum atomic E-state index is 2.90. The van der Waals surface area contributed by atoms with E-state index in [-0.39, 0.29) is 0 Å². The van der Waals surface area contributed by atoms with E-state index in [1.54, 1.807) is 0 Å². The van der Waals surface area contributed by atoms with E-state index < -0.39 is 0 Å². The van der Waals surface area contributed by atoms with Gasteiger partial charge in [-0.3, -0.25) is 0 Å². The molecule has 5 atom stereocenters. The van der Waals surface area contributed by atoms with Crippen LogP contribution >= 0.6 is 44.9 Å². The summed E-state index contributed by atoms with van der Waals surface area (Å²) in [5, 5.41) is 0.894. The van der Waals surface area contributed by atoms with Crippen LogP contribution in [0.1, 0.15) is 0 Å². The zero-order chi connectivity index (χ0) is 6.41. The van der Waals surface area contributed by atoms with Crippen molar-refractivity contribution in [2.75, 3.05) is 11.8 Å². The van der Waals surface area contributed by atoms with E-state index in [9.17, 15) is 0 Å². The molecule has 0 rings (SSSR count). The standard InChI is InChI=1S/C3H13P5/c4-1-7-3(6)8-2-5/h3,7-8H,1-2,4-6H2. The lowest BCUT2D eigenvalue weighted by atomic mass is 11.8. The molecule has 0 heterocycles. The molecule has 0 aliphatic carbocycles. The minimum Gasteiger partial charge on any atom is -0.133 e. The van der Waals surface area contributed by atoms with E-state index in [0.717, 1.165) is 22.3 Å². The zero-order valence-corrected chi connectivity index (χ0v) is 10.2. The van der Waals surface area contributed by atoms with Gasteiger partial charge in [0.25, 0.3) is 0 Å². The van der Waals surface area contributed by atoms with Gasteiger partial charge in [0.15, 0.2) is 0 Å². The predicted octanol–water partition coefficient (Wildman–Crippen LogP) is 2.17. The van der Waals surface area contributed by atoms with Crippen LogP contribution in [0.4, 0.5) is 0 Å². The molecule has 0 saturated carbocycles. The SMILES string of the molecule is PCPC(P)PCP. The number of rotatable bonds is 4. The van der Waals surface area contributed by atoms with Crippen molar-refractivity contribution in [3.8, 4) is 0 Å². The van der Waals surface area contributed by atoms with Gasteiger partial charge < -0.3 is 0 Å². The zero-order valence-electron chi connectivity index (χ0n) is 4.72. The Morgan fingerprint density at radius 3 is 1.75 bits per heavy atom. The third-order valence-electron chi connectivity index (χ3n) is 0.676. The molecular formula is C3H13P5. The van der Waals surface area contributed by atoms with Crippen molar-refractivity contribution in [3.63, 3.8) is 0 Å². The lowest BCUT2D eigenvalue weighted by molar-refractivity contribution is 1.94. The molecular weight excluding hydrogens is 191 g/mol. The quantitative estimate of drug-likeness (QED) is 0.615. The van der Waals surface area contributed by atoms with Crippen LogP contribution in [0, 0.1) is 0 Å². The third kappa shape index (κ3) is 6.27. The van der Waals surface area contributed by atoms with Crippen LogP contribution in [0.25, 0.3) is 0 Å². The first kappa shape index (κ1) is 10.2. The van der Waals surface area contributed by atoms with Crippen molar-refractivity contribution in [1.29, 1.82) is 0 Å². The van der Waals surface area contributed by atoms with Gasteiger partial charge in [0.2, 0.25) is 0 Å². The molecule has 0 aromatic carbocycles. The Bertz CT molecular complexity index is 40.9. The molecule has 0 fully saturated rings. The Balaban J connectivity index is 2.92. The fraction of sp³-hybridized carbons (Fsp3) is 1.00. The first-order valence-corrected chi connectivity index (χ1v) is 7.30. The molecule has 0 N–H and O–H groups in total. The van der Waals surface area contributed by atoms with Crippen LogP contribution in [0.15, 0.2) is 0 Å². The van der Waals surface area contributed by atoms with Crippen LogP contribution in [0.2, 0.25) is 0 Å². The second kappa shape index (κ2) is 7.26. The van der Waals surface area contributed by atoms with Crippen LogP contribution < -0.4 is 0 Å². The van der Waals surface area contributed by atoms with Crippen molar-refractivity contribution >= 4 is 44.9 Å². The van der Waals surface area contributed by atoms with E-state index >= 15 is 0 Å². The summed E-state index contributed by atoms with van der Waals surface area (Å²) in [5.41, 5.74) is 0. The van der Waals surface area contributed by atoms with Gasteiger partial charge in [-0.05, 0) is 11.8 Å². The summed E-state index contributed by atoms with van der Waals surface area (Å²) in [4.78, 5) is 0. The molecule has 0 amide bonds. The average Bonchev–Trinajstić information content (AvgIpc) is 1.68. The Labute approximate surface area is 62.3 Å². The molecule has 0 aliphatic heterocycles. The van der Waals surface area contributed by atoms with Gasteiger partial charge in [0, 0.05) is 5.14 Å². The van der Waals surface area contributed by atoms with Gasteiger partial charge in [-0.1, -0.05) is 0 Å². The lowest BCUT2D eigenvalue weighted by Gasteiger charge is -2.06. The van der Waals surface area contributed by atoms with Gasteiger partial charge in [-0.2, -0.15) is 0 Å². The fourth-order valence-corrected chi connectivity index (χ4v) is 7.51. The van der Waals surface area contributed by atoms with Gasteiger partial charge in [0.05, 0.1) is 0 Å². The first-order valence-electron chi connectivity index (χ1n) is 2.43. The van der Waals surface area contributed by atoms with Crippen molar-refractivity contribution in [2.24, 2.45) is 0 Å². The highest BCUT2D eigenvalue weighted by molar-refractivity contribution is 7.73. The molecule has 0 radical (unpaired) electrons. The van der Waals surface area contributed by atoms with Gasteiger partial charge in [0.1, 0.15) is 0 Å². The van der Waals surface area contributed by atoms with Gasteiger partial charge in [-0.25, -0.2) is 0 Å². The second-order valence-corrected chi connectivity index (χ2v) is 9.20. The first-order chi connectivity index (χ1) is 3.81. The molecule has 0 aromatic heterocycles. The van der Waals surface area contributed by atoms with Crippen molar-refractivity contribution in [1.82, 2.24) is 0 Å². The molecule has 0 nitrogen and oxygen atoms in total.